The molecule has 0 saturated heterocycles. The van der Waals surface area contributed by atoms with Crippen molar-refractivity contribution in [1.82, 2.24) is 0 Å². The fourth-order valence-electron chi connectivity index (χ4n) is 1.33. The van der Waals surface area contributed by atoms with E-state index in [1.807, 2.05) is 0 Å². The average molecular weight is 225 g/mol. The largest absolute Gasteiger partial charge is 0.288 e. The molecule has 4 heteroatoms. The van der Waals surface area contributed by atoms with Crippen molar-refractivity contribution >= 4 is 35.8 Å². The predicted octanol–water partition coefficient (Wildman–Crippen LogP) is 2.45. The Balaban J connectivity index is 2.73. The first-order valence-corrected chi connectivity index (χ1v) is 4.72. The van der Waals surface area contributed by atoms with Crippen molar-refractivity contribution in [2.75, 3.05) is 0 Å². The molecule has 70 valence electrons. The maximum Gasteiger partial charge on any atom is 0.206 e. The predicted molar refractivity (Wildman–Crippen MR) is 57.0 cm³/mol. The van der Waals surface area contributed by atoms with Gasteiger partial charge >= 0.3 is 0 Å². The molecule has 1 aliphatic carbocycles. The maximum atomic E-state index is 11.6. The van der Waals surface area contributed by atoms with E-state index in [1.54, 1.807) is 24.3 Å². The molecule has 2 rings (SSSR count). The zero-order valence-electron chi connectivity index (χ0n) is 6.95. The van der Waals surface area contributed by atoms with Crippen LogP contribution in [0.25, 0.3) is 0 Å². The second-order valence-corrected chi connectivity index (χ2v) is 3.69. The number of Topliss-reactive ketones (excluding diaryl/α,β-unsaturated/α-hetero) is 2. The zero-order chi connectivity index (χ0) is 10.3. The van der Waals surface area contributed by atoms with E-state index in [0.717, 1.165) is 0 Å². The summed E-state index contributed by atoms with van der Waals surface area (Å²) in [5.74, 6) is -0.639. The van der Waals surface area contributed by atoms with Gasteiger partial charge in [0.1, 0.15) is 5.03 Å². The van der Waals surface area contributed by atoms with Gasteiger partial charge in [0.2, 0.25) is 11.6 Å². The van der Waals surface area contributed by atoms with Crippen LogP contribution in [-0.4, -0.2) is 11.6 Å². The van der Waals surface area contributed by atoms with Crippen LogP contribution in [0.5, 0.6) is 0 Å². The lowest BCUT2D eigenvalue weighted by atomic mass is 9.95. The number of rotatable bonds is 0. The second-order valence-electron chi connectivity index (χ2n) is 2.87. The third-order valence-electron chi connectivity index (χ3n) is 2.04. The second kappa shape index (κ2) is 3.26. The summed E-state index contributed by atoms with van der Waals surface area (Å²) in [5, 5.41) is -0.1000. The number of benzene rings is 1. The maximum absolute atomic E-state index is 11.6. The van der Waals surface area contributed by atoms with Crippen LogP contribution in [0, 0.1) is 0 Å². The molecule has 0 fully saturated rings. The summed E-state index contributed by atoms with van der Waals surface area (Å²) >= 11 is 9.59. The number of thiol groups is 1. The molecule has 1 aromatic rings. The molecule has 0 atom stereocenters. The van der Waals surface area contributed by atoms with Crippen molar-refractivity contribution in [3.63, 3.8) is 0 Å². The summed E-state index contributed by atoms with van der Waals surface area (Å²) in [6.07, 6.45) is 0. The molecule has 0 aliphatic heterocycles. The van der Waals surface area contributed by atoms with Gasteiger partial charge in [-0.2, -0.15) is 0 Å². The van der Waals surface area contributed by atoms with Crippen molar-refractivity contribution in [2.24, 2.45) is 0 Å². The van der Waals surface area contributed by atoms with Crippen LogP contribution in [0.3, 0.4) is 0 Å². The number of halogens is 1. The lowest BCUT2D eigenvalue weighted by Gasteiger charge is -2.13. The molecule has 0 amide bonds. The summed E-state index contributed by atoms with van der Waals surface area (Å²) in [6.45, 7) is 0. The number of hydrogen-bond acceptors (Lipinski definition) is 3. The Kier molecular flexibility index (Phi) is 2.21. The van der Waals surface area contributed by atoms with E-state index in [4.69, 9.17) is 11.6 Å². The Morgan fingerprint density at radius 1 is 1.00 bits per heavy atom. The van der Waals surface area contributed by atoms with Crippen molar-refractivity contribution < 1.29 is 9.59 Å². The summed E-state index contributed by atoms with van der Waals surface area (Å²) < 4.78 is 0. The first kappa shape index (κ1) is 9.49. The Labute approximate surface area is 91.0 Å². The van der Waals surface area contributed by atoms with E-state index in [0.29, 0.717) is 11.1 Å². The molecule has 14 heavy (non-hydrogen) atoms. The van der Waals surface area contributed by atoms with Gasteiger partial charge in [0.25, 0.3) is 0 Å². The molecular weight excluding hydrogens is 220 g/mol. The van der Waals surface area contributed by atoms with E-state index >= 15 is 0 Å². The Bertz CT molecular complexity index is 434. The molecule has 0 saturated carbocycles. The number of carbonyl (C=O) groups excluding carboxylic acids is 2. The minimum atomic E-state index is -0.341. The van der Waals surface area contributed by atoms with Gasteiger partial charge in [0.05, 0.1) is 4.91 Å². The Hall–Kier alpha value is -1.06. The third kappa shape index (κ3) is 1.21. The molecule has 0 heterocycles. The lowest BCUT2D eigenvalue weighted by Crippen LogP contribution is -2.17. The average Bonchev–Trinajstić information content (AvgIpc) is 2.23. The first-order chi connectivity index (χ1) is 6.63. The number of carbonyl (C=O) groups is 2. The molecule has 0 unspecified atom stereocenters. The van der Waals surface area contributed by atoms with Crippen LogP contribution >= 0.6 is 24.2 Å². The van der Waals surface area contributed by atoms with E-state index in [-0.39, 0.29) is 21.5 Å². The number of ketones is 2. The van der Waals surface area contributed by atoms with Crippen molar-refractivity contribution in [1.29, 1.82) is 0 Å². The molecule has 0 spiro atoms. The van der Waals surface area contributed by atoms with Crippen LogP contribution < -0.4 is 0 Å². The topological polar surface area (TPSA) is 34.1 Å². The monoisotopic (exact) mass is 224 g/mol. The highest BCUT2D eigenvalue weighted by atomic mass is 35.5. The van der Waals surface area contributed by atoms with Crippen molar-refractivity contribution in [2.45, 2.75) is 0 Å². The molecule has 0 aromatic heterocycles. The number of allylic oxidation sites excluding steroid dienone is 2. The molecule has 0 bridgehead atoms. The van der Waals surface area contributed by atoms with Gasteiger partial charge in [-0.05, 0) is 0 Å². The number of hydrogen-bond donors (Lipinski definition) is 1. The zero-order valence-corrected chi connectivity index (χ0v) is 8.60. The van der Waals surface area contributed by atoms with Crippen LogP contribution in [0.2, 0.25) is 0 Å². The van der Waals surface area contributed by atoms with Gasteiger partial charge in [-0.15, -0.1) is 12.6 Å². The number of fused-ring (bicyclic) bond motifs is 1. The van der Waals surface area contributed by atoms with Gasteiger partial charge in [-0.3, -0.25) is 9.59 Å². The highest BCUT2D eigenvalue weighted by molar-refractivity contribution is 7.85. The minimum Gasteiger partial charge on any atom is -0.288 e. The van der Waals surface area contributed by atoms with Gasteiger partial charge < -0.3 is 0 Å². The normalized spacial score (nSPS) is 15.9. The first-order valence-electron chi connectivity index (χ1n) is 3.90. The van der Waals surface area contributed by atoms with E-state index < -0.39 is 0 Å². The Morgan fingerprint density at radius 2 is 1.50 bits per heavy atom. The van der Waals surface area contributed by atoms with Crippen molar-refractivity contribution in [3.8, 4) is 0 Å². The van der Waals surface area contributed by atoms with E-state index in [1.165, 1.54) is 0 Å². The summed E-state index contributed by atoms with van der Waals surface area (Å²) in [5.41, 5.74) is 0.715. The lowest BCUT2D eigenvalue weighted by molar-refractivity contribution is 0.0988. The summed E-state index contributed by atoms with van der Waals surface area (Å²) in [7, 11) is 0. The van der Waals surface area contributed by atoms with Gasteiger partial charge in [0, 0.05) is 11.1 Å². The van der Waals surface area contributed by atoms with Gasteiger partial charge in [0.15, 0.2) is 0 Å². The van der Waals surface area contributed by atoms with Gasteiger partial charge in [-0.25, -0.2) is 0 Å². The smallest absolute Gasteiger partial charge is 0.206 e. The minimum absolute atomic E-state index is 0.0235. The fraction of sp³-hybridized carbons (Fsp3) is 0. The van der Waals surface area contributed by atoms with E-state index in [2.05, 4.69) is 12.6 Å². The highest BCUT2D eigenvalue weighted by Gasteiger charge is 2.28. The van der Waals surface area contributed by atoms with Crippen LogP contribution in [-0.2, 0) is 0 Å². The van der Waals surface area contributed by atoms with Gasteiger partial charge in [-0.1, -0.05) is 35.9 Å². The van der Waals surface area contributed by atoms with Crippen molar-refractivity contribution in [3.05, 3.63) is 45.3 Å². The molecule has 1 aliphatic rings. The standard InChI is InChI=1S/C10H5ClO2S/c11-7-8(12)5-3-1-2-4-6(5)9(13)10(7)14/h1-4,14H. The fourth-order valence-corrected chi connectivity index (χ4v) is 1.74. The third-order valence-corrected chi connectivity index (χ3v) is 2.96. The van der Waals surface area contributed by atoms with Crippen LogP contribution in [0.4, 0.5) is 0 Å². The Morgan fingerprint density at radius 3 is 2.07 bits per heavy atom. The van der Waals surface area contributed by atoms with Crippen LogP contribution in [0.1, 0.15) is 20.7 Å². The molecule has 0 N–H and O–H groups in total. The summed E-state index contributed by atoms with van der Waals surface area (Å²) in [4.78, 5) is 23.2. The molecular formula is C10H5ClO2S. The summed E-state index contributed by atoms with van der Waals surface area (Å²) in [6, 6.07) is 6.56. The quantitative estimate of drug-likeness (QED) is 0.687. The van der Waals surface area contributed by atoms with E-state index in [9.17, 15) is 9.59 Å². The van der Waals surface area contributed by atoms with Crippen LogP contribution in [0.15, 0.2) is 34.2 Å². The molecule has 0 radical (unpaired) electrons. The highest BCUT2D eigenvalue weighted by Crippen LogP contribution is 2.29. The SMILES string of the molecule is O=C1C(S)=C(Cl)C(=O)c2ccccc21. The molecule has 2 nitrogen and oxygen atoms in total. The molecule has 1 aromatic carbocycles.